The third-order valence-electron chi connectivity index (χ3n) is 3.95. The van der Waals surface area contributed by atoms with Crippen molar-refractivity contribution in [1.82, 2.24) is 24.6 Å². The van der Waals surface area contributed by atoms with Crippen LogP contribution in [0.15, 0.2) is 30.6 Å². The molecule has 9 heteroatoms. The molecular weight excluding hydrogens is 352 g/mol. The van der Waals surface area contributed by atoms with E-state index in [2.05, 4.69) is 15.0 Å². The molecule has 0 spiro atoms. The third kappa shape index (κ3) is 2.62. The first-order chi connectivity index (χ1) is 12.6. The van der Waals surface area contributed by atoms with Crippen molar-refractivity contribution in [3.05, 3.63) is 36.3 Å². The summed E-state index contributed by atoms with van der Waals surface area (Å²) in [7, 11) is 3.22. The number of benzene rings is 1. The van der Waals surface area contributed by atoms with Crippen molar-refractivity contribution in [3.8, 4) is 33.3 Å². The zero-order valence-electron chi connectivity index (χ0n) is 14.4. The van der Waals surface area contributed by atoms with Gasteiger partial charge in [-0.1, -0.05) is 11.3 Å². The lowest BCUT2D eigenvalue weighted by Gasteiger charge is -2.08. The van der Waals surface area contributed by atoms with Crippen molar-refractivity contribution in [2.75, 3.05) is 20.0 Å². The molecule has 1 aromatic carbocycles. The highest BCUT2D eigenvalue weighted by atomic mass is 32.1. The molecule has 132 valence electrons. The van der Waals surface area contributed by atoms with Crippen molar-refractivity contribution in [1.29, 1.82) is 0 Å². The molecule has 8 nitrogen and oxygen atoms in total. The minimum atomic E-state index is 0.233. The lowest BCUT2D eigenvalue weighted by Crippen LogP contribution is -1.96. The molecule has 4 aromatic rings. The molecule has 4 rings (SSSR count). The third-order valence-corrected chi connectivity index (χ3v) is 4.91. The zero-order valence-corrected chi connectivity index (χ0v) is 15.2. The summed E-state index contributed by atoms with van der Waals surface area (Å²) in [5.74, 6) is 1.56. The fourth-order valence-corrected chi connectivity index (χ4v) is 3.67. The maximum absolute atomic E-state index is 5.58. The van der Waals surface area contributed by atoms with Gasteiger partial charge in [0, 0.05) is 23.5 Å². The molecule has 3 aromatic heterocycles. The molecule has 0 bridgehead atoms. The molecule has 0 aliphatic rings. The number of nitrogens with two attached hydrogens (primary N) is 1. The normalized spacial score (nSPS) is 11.0. The number of aromatic nitrogens is 5. The summed E-state index contributed by atoms with van der Waals surface area (Å²) in [5, 5.41) is 5.55. The Labute approximate surface area is 153 Å². The van der Waals surface area contributed by atoms with Crippen molar-refractivity contribution >= 4 is 22.2 Å². The highest BCUT2D eigenvalue weighted by molar-refractivity contribution is 7.19. The van der Waals surface area contributed by atoms with Crippen LogP contribution in [0.4, 0.5) is 5.95 Å². The molecule has 26 heavy (non-hydrogen) atoms. The number of fused-ring (bicyclic) bond motifs is 1. The summed E-state index contributed by atoms with van der Waals surface area (Å²) in [5.41, 5.74) is 9.03. The van der Waals surface area contributed by atoms with Gasteiger partial charge in [-0.05, 0) is 25.1 Å². The maximum atomic E-state index is 5.58. The first kappa shape index (κ1) is 16.3. The molecule has 0 amide bonds. The quantitative estimate of drug-likeness (QED) is 0.591. The first-order valence-electron chi connectivity index (χ1n) is 7.77. The van der Waals surface area contributed by atoms with Crippen LogP contribution in [0.5, 0.6) is 11.5 Å². The second-order valence-corrected chi connectivity index (χ2v) is 6.50. The lowest BCUT2D eigenvalue weighted by molar-refractivity contribution is 0.355. The topological polar surface area (TPSA) is 100 Å². The van der Waals surface area contributed by atoms with Crippen LogP contribution in [-0.2, 0) is 0 Å². The number of aryl methyl sites for hydroxylation is 1. The molecule has 0 fully saturated rings. The first-order valence-corrected chi connectivity index (χ1v) is 8.59. The predicted molar refractivity (Wildman–Crippen MR) is 99.6 cm³/mol. The van der Waals surface area contributed by atoms with Gasteiger partial charge in [0.05, 0.1) is 25.6 Å². The van der Waals surface area contributed by atoms with E-state index in [0.29, 0.717) is 11.5 Å². The van der Waals surface area contributed by atoms with E-state index in [1.807, 2.05) is 25.1 Å². The van der Waals surface area contributed by atoms with E-state index < -0.39 is 0 Å². The fourth-order valence-electron chi connectivity index (χ4n) is 2.73. The number of imidazole rings is 1. The molecule has 0 atom stereocenters. The highest BCUT2D eigenvalue weighted by Gasteiger charge is 2.18. The average Bonchev–Trinajstić information content (AvgIpc) is 3.18. The van der Waals surface area contributed by atoms with Crippen LogP contribution in [0.25, 0.3) is 26.8 Å². The van der Waals surface area contributed by atoms with Crippen LogP contribution in [0, 0.1) is 6.92 Å². The molecule has 0 aliphatic heterocycles. The van der Waals surface area contributed by atoms with Gasteiger partial charge in [0.1, 0.15) is 5.01 Å². The summed E-state index contributed by atoms with van der Waals surface area (Å²) in [6.07, 6.45) is 3.35. The average molecular weight is 368 g/mol. The van der Waals surface area contributed by atoms with Crippen molar-refractivity contribution in [2.24, 2.45) is 0 Å². The van der Waals surface area contributed by atoms with Crippen LogP contribution < -0.4 is 15.2 Å². The standard InChI is InChI=1S/C17H16N6O2S/c1-9-14(11-7-19-16(18)20-8-11)23-17(21-9)26-15(22-23)10-4-5-12(24-2)13(6-10)25-3/h4-8H,1-3H3,(H2,18,19,20). The lowest BCUT2D eigenvalue weighted by atomic mass is 10.2. The van der Waals surface area contributed by atoms with Crippen LogP contribution in [-0.4, -0.2) is 38.8 Å². The molecule has 0 aliphatic carbocycles. The second kappa shape index (κ2) is 6.26. The van der Waals surface area contributed by atoms with Crippen molar-refractivity contribution in [2.45, 2.75) is 6.92 Å². The monoisotopic (exact) mass is 368 g/mol. The number of hydrogen-bond acceptors (Lipinski definition) is 8. The van der Waals surface area contributed by atoms with Gasteiger partial charge >= 0.3 is 0 Å². The Hall–Kier alpha value is -3.20. The van der Waals surface area contributed by atoms with Gasteiger partial charge in [-0.3, -0.25) is 0 Å². The number of methoxy groups -OCH3 is 2. The molecule has 2 N–H and O–H groups in total. The van der Waals surface area contributed by atoms with Gasteiger partial charge in [0.15, 0.2) is 11.5 Å². The van der Waals surface area contributed by atoms with Gasteiger partial charge in [0.25, 0.3) is 0 Å². The molecular formula is C17H16N6O2S. The minimum Gasteiger partial charge on any atom is -0.493 e. The Kier molecular flexibility index (Phi) is 3.92. The Balaban J connectivity index is 1.83. The number of ether oxygens (including phenoxy) is 2. The molecule has 0 unspecified atom stereocenters. The largest absolute Gasteiger partial charge is 0.493 e. The smallest absolute Gasteiger partial charge is 0.219 e. The van der Waals surface area contributed by atoms with Crippen LogP contribution in [0.1, 0.15) is 5.69 Å². The maximum Gasteiger partial charge on any atom is 0.219 e. The Morgan fingerprint density at radius 3 is 2.46 bits per heavy atom. The van der Waals surface area contributed by atoms with Crippen molar-refractivity contribution < 1.29 is 9.47 Å². The van der Waals surface area contributed by atoms with E-state index in [-0.39, 0.29) is 5.95 Å². The highest BCUT2D eigenvalue weighted by Crippen LogP contribution is 2.35. The van der Waals surface area contributed by atoms with Crippen LogP contribution in [0.3, 0.4) is 0 Å². The van der Waals surface area contributed by atoms with E-state index in [9.17, 15) is 0 Å². The zero-order chi connectivity index (χ0) is 18.3. The summed E-state index contributed by atoms with van der Waals surface area (Å²) < 4.78 is 12.5. The van der Waals surface area contributed by atoms with Crippen LogP contribution in [0.2, 0.25) is 0 Å². The Morgan fingerprint density at radius 1 is 1.04 bits per heavy atom. The number of hydrogen-bond donors (Lipinski definition) is 1. The molecule has 0 saturated carbocycles. The number of nitrogen functional groups attached to an aromatic ring is 1. The van der Waals surface area contributed by atoms with Gasteiger partial charge < -0.3 is 15.2 Å². The number of nitrogens with zero attached hydrogens (tertiary/aromatic N) is 5. The number of rotatable bonds is 4. The predicted octanol–water partition coefficient (Wildman–Crippen LogP) is 2.82. The number of anilines is 1. The fraction of sp³-hybridized carbons (Fsp3) is 0.176. The SMILES string of the molecule is COc1ccc(-c2nn3c(-c4cnc(N)nc4)c(C)nc3s2)cc1OC. The summed E-state index contributed by atoms with van der Waals surface area (Å²) >= 11 is 1.49. The van der Waals surface area contributed by atoms with E-state index in [0.717, 1.165) is 32.5 Å². The van der Waals surface area contributed by atoms with Gasteiger partial charge in [-0.25, -0.2) is 19.5 Å². The summed E-state index contributed by atoms with van der Waals surface area (Å²) in [6, 6.07) is 5.70. The van der Waals surface area contributed by atoms with E-state index in [4.69, 9.17) is 20.3 Å². The molecule has 0 saturated heterocycles. The van der Waals surface area contributed by atoms with Gasteiger partial charge in [-0.15, -0.1) is 0 Å². The van der Waals surface area contributed by atoms with Crippen LogP contribution >= 0.6 is 11.3 Å². The summed E-state index contributed by atoms with van der Waals surface area (Å²) in [4.78, 5) is 13.5. The second-order valence-electron chi connectivity index (χ2n) is 5.55. The van der Waals surface area contributed by atoms with Gasteiger partial charge in [-0.2, -0.15) is 5.10 Å². The van der Waals surface area contributed by atoms with Crippen molar-refractivity contribution in [3.63, 3.8) is 0 Å². The van der Waals surface area contributed by atoms with E-state index >= 15 is 0 Å². The van der Waals surface area contributed by atoms with Gasteiger partial charge in [0.2, 0.25) is 10.9 Å². The summed E-state index contributed by atoms with van der Waals surface area (Å²) in [6.45, 7) is 1.93. The van der Waals surface area contributed by atoms with E-state index in [1.54, 1.807) is 31.1 Å². The van der Waals surface area contributed by atoms with E-state index in [1.165, 1.54) is 11.3 Å². The Bertz CT molecular complexity index is 1090. The minimum absolute atomic E-state index is 0.233. The molecule has 0 radical (unpaired) electrons. The molecule has 3 heterocycles. The Morgan fingerprint density at radius 2 is 1.77 bits per heavy atom.